The van der Waals surface area contributed by atoms with E-state index in [9.17, 15) is 10.1 Å². The zero-order valence-corrected chi connectivity index (χ0v) is 11.7. The van der Waals surface area contributed by atoms with Crippen molar-refractivity contribution in [3.63, 3.8) is 0 Å². The summed E-state index contributed by atoms with van der Waals surface area (Å²) >= 11 is 6.08. The minimum atomic E-state index is -0.572. The number of halogens is 1. The number of hydrogen-bond acceptors (Lipinski definition) is 5. The fourth-order valence-corrected chi connectivity index (χ4v) is 2.20. The molecule has 1 unspecified atom stereocenters. The number of benzene rings is 1. The summed E-state index contributed by atoms with van der Waals surface area (Å²) in [5.41, 5.74) is 0.822. The fourth-order valence-electron chi connectivity index (χ4n) is 1.93. The Morgan fingerprint density at radius 1 is 1.40 bits per heavy atom. The summed E-state index contributed by atoms with van der Waals surface area (Å²) in [6.45, 7) is 0. The second kappa shape index (κ2) is 5.94. The highest BCUT2D eigenvalue weighted by Crippen LogP contribution is 2.31. The van der Waals surface area contributed by atoms with Gasteiger partial charge in [-0.05, 0) is 30.8 Å². The minimum Gasteiger partial charge on any atom is -0.495 e. The lowest BCUT2D eigenvalue weighted by Crippen LogP contribution is -2.17. The number of nitrogens with zero attached hydrogens (tertiary/aromatic N) is 1. The summed E-state index contributed by atoms with van der Waals surface area (Å²) in [6, 6.07) is 7.85. The largest absolute Gasteiger partial charge is 0.495 e. The third-order valence-electron chi connectivity index (χ3n) is 2.87. The first-order valence-electron chi connectivity index (χ1n) is 5.81. The topological polar surface area (TPSA) is 77.5 Å². The molecule has 2 aromatic rings. The van der Waals surface area contributed by atoms with Gasteiger partial charge in [-0.2, -0.15) is 0 Å². The Bertz CT molecular complexity index is 627. The molecule has 0 aliphatic heterocycles. The molecule has 1 aromatic carbocycles. The molecule has 1 N–H and O–H groups in total. The number of rotatable bonds is 5. The molecule has 20 heavy (non-hydrogen) atoms. The maximum atomic E-state index is 10.7. The van der Waals surface area contributed by atoms with E-state index < -0.39 is 4.92 Å². The van der Waals surface area contributed by atoms with E-state index in [0.29, 0.717) is 16.5 Å². The van der Waals surface area contributed by atoms with Crippen LogP contribution in [0.1, 0.15) is 17.4 Å². The number of ether oxygens (including phenoxy) is 1. The molecule has 6 nitrogen and oxygen atoms in total. The van der Waals surface area contributed by atoms with Crippen molar-refractivity contribution in [1.29, 1.82) is 0 Å². The molecule has 0 amide bonds. The van der Waals surface area contributed by atoms with Crippen LogP contribution in [0.3, 0.4) is 0 Å². The fraction of sp³-hybridized carbons (Fsp3) is 0.231. The second-order valence-corrected chi connectivity index (χ2v) is 4.46. The average Bonchev–Trinajstić information content (AvgIpc) is 2.89. The first-order chi connectivity index (χ1) is 9.56. The molecule has 0 aliphatic rings. The van der Waals surface area contributed by atoms with E-state index >= 15 is 0 Å². The van der Waals surface area contributed by atoms with E-state index in [1.165, 1.54) is 13.2 Å². The standard InChI is InChI=1S/C13H13ClN2O4/c1-15-13(11-5-6-12(20-11)16(17)18)8-3-4-10(19-2)9(14)7-8/h3-7,13,15H,1-2H3. The monoisotopic (exact) mass is 296 g/mol. The lowest BCUT2D eigenvalue weighted by Gasteiger charge is -2.15. The highest BCUT2D eigenvalue weighted by molar-refractivity contribution is 6.32. The van der Waals surface area contributed by atoms with Crippen molar-refractivity contribution in [3.05, 3.63) is 56.8 Å². The highest BCUT2D eigenvalue weighted by atomic mass is 35.5. The van der Waals surface area contributed by atoms with Crippen LogP contribution in [0.4, 0.5) is 5.88 Å². The molecule has 1 heterocycles. The Kier molecular flexibility index (Phi) is 4.26. The predicted molar refractivity (Wildman–Crippen MR) is 74.3 cm³/mol. The van der Waals surface area contributed by atoms with Crippen LogP contribution in [0, 0.1) is 10.1 Å². The molecule has 1 aromatic heterocycles. The van der Waals surface area contributed by atoms with Crippen molar-refractivity contribution in [1.82, 2.24) is 5.32 Å². The van der Waals surface area contributed by atoms with Crippen LogP contribution < -0.4 is 10.1 Å². The van der Waals surface area contributed by atoms with Crippen molar-refractivity contribution >= 4 is 17.5 Å². The van der Waals surface area contributed by atoms with Gasteiger partial charge in [0.25, 0.3) is 0 Å². The van der Waals surface area contributed by atoms with Gasteiger partial charge in [-0.25, -0.2) is 0 Å². The normalized spacial score (nSPS) is 12.2. The van der Waals surface area contributed by atoms with Crippen LogP contribution >= 0.6 is 11.6 Å². The van der Waals surface area contributed by atoms with Gasteiger partial charge in [0.05, 0.1) is 24.2 Å². The van der Waals surface area contributed by atoms with E-state index in [2.05, 4.69) is 5.32 Å². The van der Waals surface area contributed by atoms with Gasteiger partial charge < -0.3 is 14.5 Å². The molecule has 0 aliphatic carbocycles. The molecular formula is C13H13ClN2O4. The smallest absolute Gasteiger partial charge is 0.433 e. The van der Waals surface area contributed by atoms with Crippen molar-refractivity contribution in [2.75, 3.05) is 14.2 Å². The first kappa shape index (κ1) is 14.4. The highest BCUT2D eigenvalue weighted by Gasteiger charge is 2.20. The van der Waals surface area contributed by atoms with Crippen LogP contribution in [0.15, 0.2) is 34.7 Å². The average molecular weight is 297 g/mol. The van der Waals surface area contributed by atoms with E-state index in [-0.39, 0.29) is 11.9 Å². The van der Waals surface area contributed by atoms with Gasteiger partial charge in [-0.15, -0.1) is 0 Å². The Hall–Kier alpha value is -2.05. The van der Waals surface area contributed by atoms with E-state index in [0.717, 1.165) is 5.56 Å². The van der Waals surface area contributed by atoms with Crippen LogP contribution in [-0.4, -0.2) is 19.1 Å². The van der Waals surface area contributed by atoms with Crippen molar-refractivity contribution in [3.8, 4) is 5.75 Å². The molecule has 0 saturated heterocycles. The molecule has 106 valence electrons. The van der Waals surface area contributed by atoms with Crippen molar-refractivity contribution in [2.24, 2.45) is 0 Å². The van der Waals surface area contributed by atoms with Gasteiger partial charge in [-0.3, -0.25) is 10.1 Å². The Balaban J connectivity index is 2.36. The SMILES string of the molecule is CNC(c1ccc(OC)c(Cl)c1)c1ccc([N+](=O)[O-])o1. The Labute approximate surface area is 120 Å². The summed E-state index contributed by atoms with van der Waals surface area (Å²) < 4.78 is 10.3. The van der Waals surface area contributed by atoms with Crippen LogP contribution in [0.5, 0.6) is 5.75 Å². The molecule has 0 saturated carbocycles. The number of furan rings is 1. The zero-order chi connectivity index (χ0) is 14.7. The van der Waals surface area contributed by atoms with Gasteiger partial charge in [0.2, 0.25) is 0 Å². The maximum Gasteiger partial charge on any atom is 0.433 e. The Morgan fingerprint density at radius 3 is 2.65 bits per heavy atom. The molecule has 0 bridgehead atoms. The number of nitrogens with one attached hydrogen (secondary N) is 1. The summed E-state index contributed by atoms with van der Waals surface area (Å²) in [4.78, 5) is 10.1. The van der Waals surface area contributed by atoms with E-state index in [4.69, 9.17) is 20.8 Å². The molecular weight excluding hydrogens is 284 g/mol. The van der Waals surface area contributed by atoms with Crippen LogP contribution in [-0.2, 0) is 0 Å². The van der Waals surface area contributed by atoms with Crippen molar-refractivity contribution in [2.45, 2.75) is 6.04 Å². The van der Waals surface area contributed by atoms with E-state index in [1.807, 2.05) is 6.07 Å². The van der Waals surface area contributed by atoms with E-state index in [1.54, 1.807) is 25.2 Å². The summed E-state index contributed by atoms with van der Waals surface area (Å²) in [6.07, 6.45) is 0. The van der Waals surface area contributed by atoms with Gasteiger partial charge in [-0.1, -0.05) is 17.7 Å². The van der Waals surface area contributed by atoms with Gasteiger partial charge in [0, 0.05) is 0 Å². The molecule has 1 atom stereocenters. The maximum absolute atomic E-state index is 10.7. The lowest BCUT2D eigenvalue weighted by molar-refractivity contribution is -0.402. The molecule has 0 spiro atoms. The Morgan fingerprint density at radius 2 is 2.15 bits per heavy atom. The number of hydrogen-bond donors (Lipinski definition) is 1. The van der Waals surface area contributed by atoms with Crippen molar-refractivity contribution < 1.29 is 14.1 Å². The number of methoxy groups -OCH3 is 1. The van der Waals surface area contributed by atoms with Crippen LogP contribution in [0.25, 0.3) is 0 Å². The molecule has 7 heteroatoms. The molecule has 0 radical (unpaired) electrons. The summed E-state index contributed by atoms with van der Waals surface area (Å²) in [5, 5.41) is 14.2. The molecule has 2 rings (SSSR count). The van der Waals surface area contributed by atoms with Gasteiger partial charge in [0.1, 0.15) is 16.4 Å². The zero-order valence-electron chi connectivity index (χ0n) is 10.9. The summed E-state index contributed by atoms with van der Waals surface area (Å²) in [7, 11) is 3.27. The number of nitro groups is 1. The minimum absolute atomic E-state index is 0.292. The lowest BCUT2D eigenvalue weighted by atomic mass is 10.0. The first-order valence-corrected chi connectivity index (χ1v) is 6.19. The molecule has 0 fully saturated rings. The third-order valence-corrected chi connectivity index (χ3v) is 3.17. The van der Waals surface area contributed by atoms with Gasteiger partial charge >= 0.3 is 5.88 Å². The third kappa shape index (κ3) is 2.76. The summed E-state index contributed by atoms with van der Waals surface area (Å²) in [5.74, 6) is 0.719. The predicted octanol–water partition coefficient (Wildman–Crippen LogP) is 3.16. The van der Waals surface area contributed by atoms with Gasteiger partial charge in [0.15, 0.2) is 0 Å². The van der Waals surface area contributed by atoms with Crippen LogP contribution in [0.2, 0.25) is 5.02 Å². The quantitative estimate of drug-likeness (QED) is 0.677. The second-order valence-electron chi connectivity index (χ2n) is 4.05.